The largest absolute Gasteiger partial charge is 0.396 e. The molecule has 0 amide bonds. The van der Waals surface area contributed by atoms with E-state index >= 15 is 0 Å². The minimum absolute atomic E-state index is 0.105. The number of hydrogen-bond acceptors (Lipinski definition) is 4. The molecule has 15 heavy (non-hydrogen) atoms. The Hall–Kier alpha value is -1.75. The van der Waals surface area contributed by atoms with E-state index in [1.165, 1.54) is 0 Å². The molecule has 0 fully saturated rings. The smallest absolute Gasteiger partial charge is 0.116 e. The molecule has 5 nitrogen and oxygen atoms in total. The van der Waals surface area contributed by atoms with Crippen molar-refractivity contribution in [3.05, 3.63) is 29.8 Å². The number of rotatable bonds is 3. The zero-order chi connectivity index (χ0) is 10.7. The molecule has 0 bridgehead atoms. The number of nitrogens with one attached hydrogen (secondary N) is 1. The Morgan fingerprint density at radius 1 is 1.40 bits per heavy atom. The molecule has 0 saturated heterocycles. The van der Waals surface area contributed by atoms with E-state index in [0.717, 1.165) is 22.6 Å². The van der Waals surface area contributed by atoms with E-state index in [1.54, 1.807) is 18.6 Å². The van der Waals surface area contributed by atoms with Gasteiger partial charge in [0.05, 0.1) is 6.20 Å². The number of aromatic nitrogens is 4. The second-order valence-corrected chi connectivity index (χ2v) is 3.24. The molecular weight excluding hydrogens is 192 g/mol. The SMILES string of the molecule is Cc1[nH]nc(-c2cnccn2)c1CCO. The summed E-state index contributed by atoms with van der Waals surface area (Å²) in [4.78, 5) is 8.17. The highest BCUT2D eigenvalue weighted by Gasteiger charge is 2.12. The highest BCUT2D eigenvalue weighted by atomic mass is 16.2. The van der Waals surface area contributed by atoms with Crippen molar-refractivity contribution in [2.75, 3.05) is 6.61 Å². The Kier molecular flexibility index (Phi) is 2.73. The van der Waals surface area contributed by atoms with Crippen LogP contribution in [0.5, 0.6) is 0 Å². The third-order valence-corrected chi connectivity index (χ3v) is 2.24. The first-order valence-electron chi connectivity index (χ1n) is 4.74. The molecule has 2 aromatic heterocycles. The van der Waals surface area contributed by atoms with E-state index in [2.05, 4.69) is 20.2 Å². The van der Waals surface area contributed by atoms with Crippen molar-refractivity contribution in [1.29, 1.82) is 0 Å². The standard InChI is InChI=1S/C10H12N4O/c1-7-8(2-5-15)10(14-13-7)9-6-11-3-4-12-9/h3-4,6,15H,2,5H2,1H3,(H,13,14). The Morgan fingerprint density at radius 3 is 2.93 bits per heavy atom. The molecule has 0 saturated carbocycles. The van der Waals surface area contributed by atoms with E-state index < -0.39 is 0 Å². The van der Waals surface area contributed by atoms with Crippen LogP contribution in [0.1, 0.15) is 11.3 Å². The maximum absolute atomic E-state index is 8.96. The van der Waals surface area contributed by atoms with Gasteiger partial charge < -0.3 is 5.11 Å². The van der Waals surface area contributed by atoms with Gasteiger partial charge in [-0.2, -0.15) is 5.10 Å². The molecule has 2 rings (SSSR count). The van der Waals surface area contributed by atoms with Crippen LogP contribution in [-0.2, 0) is 6.42 Å². The maximum Gasteiger partial charge on any atom is 0.116 e. The number of aliphatic hydroxyl groups is 1. The first kappa shape index (κ1) is 9.79. The molecule has 0 aliphatic heterocycles. The second kappa shape index (κ2) is 4.18. The average molecular weight is 204 g/mol. The molecule has 0 aliphatic rings. The van der Waals surface area contributed by atoms with Gasteiger partial charge in [0.1, 0.15) is 11.4 Å². The Morgan fingerprint density at radius 2 is 2.27 bits per heavy atom. The van der Waals surface area contributed by atoms with Crippen molar-refractivity contribution in [2.45, 2.75) is 13.3 Å². The summed E-state index contributed by atoms with van der Waals surface area (Å²) in [5, 5.41) is 16.0. The lowest BCUT2D eigenvalue weighted by atomic mass is 10.1. The molecule has 78 valence electrons. The van der Waals surface area contributed by atoms with Crippen molar-refractivity contribution in [3.8, 4) is 11.4 Å². The Bertz CT molecular complexity index is 438. The van der Waals surface area contributed by atoms with Crippen molar-refractivity contribution in [3.63, 3.8) is 0 Å². The summed E-state index contributed by atoms with van der Waals surface area (Å²) in [6.45, 7) is 2.03. The first-order chi connectivity index (χ1) is 7.33. The number of aryl methyl sites for hydroxylation is 1. The molecular formula is C10H12N4O. The Balaban J connectivity index is 2.44. The summed E-state index contributed by atoms with van der Waals surface area (Å²) < 4.78 is 0. The van der Waals surface area contributed by atoms with Crippen LogP contribution in [0.4, 0.5) is 0 Å². The van der Waals surface area contributed by atoms with Crippen LogP contribution in [0.15, 0.2) is 18.6 Å². The monoisotopic (exact) mass is 204 g/mol. The zero-order valence-corrected chi connectivity index (χ0v) is 8.44. The van der Waals surface area contributed by atoms with Gasteiger partial charge >= 0.3 is 0 Å². The van der Waals surface area contributed by atoms with Crippen LogP contribution >= 0.6 is 0 Å². The topological polar surface area (TPSA) is 74.7 Å². The molecule has 0 unspecified atom stereocenters. The third-order valence-electron chi connectivity index (χ3n) is 2.24. The van der Waals surface area contributed by atoms with Crippen LogP contribution in [0.25, 0.3) is 11.4 Å². The van der Waals surface area contributed by atoms with E-state index in [1.807, 2.05) is 6.92 Å². The number of H-pyrrole nitrogens is 1. The molecule has 5 heteroatoms. The predicted molar refractivity (Wildman–Crippen MR) is 55.1 cm³/mol. The van der Waals surface area contributed by atoms with Crippen LogP contribution in [0.3, 0.4) is 0 Å². The van der Waals surface area contributed by atoms with Crippen molar-refractivity contribution in [1.82, 2.24) is 20.2 Å². The minimum Gasteiger partial charge on any atom is -0.396 e. The lowest BCUT2D eigenvalue weighted by Crippen LogP contribution is -1.95. The summed E-state index contributed by atoms with van der Waals surface area (Å²) in [5.74, 6) is 0. The maximum atomic E-state index is 8.96. The van der Waals surface area contributed by atoms with Crippen LogP contribution in [0.2, 0.25) is 0 Å². The molecule has 0 radical (unpaired) electrons. The van der Waals surface area contributed by atoms with Gasteiger partial charge in [-0.05, 0) is 13.3 Å². The van der Waals surface area contributed by atoms with E-state index in [9.17, 15) is 0 Å². The highest BCUT2D eigenvalue weighted by molar-refractivity contribution is 5.58. The molecule has 2 heterocycles. The minimum atomic E-state index is 0.105. The van der Waals surface area contributed by atoms with Gasteiger partial charge in [-0.1, -0.05) is 0 Å². The summed E-state index contributed by atoms with van der Waals surface area (Å²) >= 11 is 0. The number of aromatic amines is 1. The van der Waals surface area contributed by atoms with Crippen molar-refractivity contribution < 1.29 is 5.11 Å². The molecule has 0 atom stereocenters. The first-order valence-corrected chi connectivity index (χ1v) is 4.74. The number of aliphatic hydroxyl groups excluding tert-OH is 1. The lowest BCUT2D eigenvalue weighted by Gasteiger charge is -2.00. The molecule has 0 aromatic carbocycles. The van der Waals surface area contributed by atoms with Gasteiger partial charge in [0.15, 0.2) is 0 Å². The number of hydrogen-bond donors (Lipinski definition) is 2. The van der Waals surface area contributed by atoms with Crippen molar-refractivity contribution in [2.24, 2.45) is 0 Å². The molecule has 2 N–H and O–H groups in total. The van der Waals surface area contributed by atoms with Crippen LogP contribution in [-0.4, -0.2) is 31.9 Å². The highest BCUT2D eigenvalue weighted by Crippen LogP contribution is 2.20. The van der Waals surface area contributed by atoms with Crippen LogP contribution in [0, 0.1) is 6.92 Å². The summed E-state index contributed by atoms with van der Waals surface area (Å²) in [5.41, 5.74) is 3.46. The van der Waals surface area contributed by atoms with Crippen LogP contribution < -0.4 is 0 Å². The van der Waals surface area contributed by atoms with Gasteiger partial charge in [-0.25, -0.2) is 0 Å². The fourth-order valence-electron chi connectivity index (χ4n) is 1.50. The average Bonchev–Trinajstić information content (AvgIpc) is 2.63. The lowest BCUT2D eigenvalue weighted by molar-refractivity contribution is 0.299. The molecule has 0 aliphatic carbocycles. The van der Waals surface area contributed by atoms with E-state index in [4.69, 9.17) is 5.11 Å². The predicted octanol–water partition coefficient (Wildman–Crippen LogP) is 0.710. The normalized spacial score (nSPS) is 10.5. The summed E-state index contributed by atoms with van der Waals surface area (Å²) in [6, 6.07) is 0. The van der Waals surface area contributed by atoms with Gasteiger partial charge in [0.2, 0.25) is 0 Å². The molecule has 2 aromatic rings. The van der Waals surface area contributed by atoms with Gasteiger partial charge in [0.25, 0.3) is 0 Å². The van der Waals surface area contributed by atoms with E-state index in [0.29, 0.717) is 6.42 Å². The Labute approximate surface area is 87.2 Å². The quantitative estimate of drug-likeness (QED) is 0.772. The number of nitrogens with zero attached hydrogens (tertiary/aromatic N) is 3. The zero-order valence-electron chi connectivity index (χ0n) is 8.44. The van der Waals surface area contributed by atoms with Gasteiger partial charge in [-0.3, -0.25) is 15.1 Å². The summed E-state index contributed by atoms with van der Waals surface area (Å²) in [7, 11) is 0. The van der Waals surface area contributed by atoms with Crippen molar-refractivity contribution >= 4 is 0 Å². The van der Waals surface area contributed by atoms with E-state index in [-0.39, 0.29) is 6.61 Å². The summed E-state index contributed by atoms with van der Waals surface area (Å²) in [6.07, 6.45) is 5.49. The fourth-order valence-corrected chi connectivity index (χ4v) is 1.50. The second-order valence-electron chi connectivity index (χ2n) is 3.24. The fraction of sp³-hybridized carbons (Fsp3) is 0.300. The van der Waals surface area contributed by atoms with Gasteiger partial charge in [0, 0.05) is 30.3 Å². The third kappa shape index (κ3) is 1.87. The van der Waals surface area contributed by atoms with Gasteiger partial charge in [-0.15, -0.1) is 0 Å². The molecule has 0 spiro atoms.